The molecule has 1 amide bonds. The quantitative estimate of drug-likeness (QED) is 0.788. The van der Waals surface area contributed by atoms with Gasteiger partial charge in [0, 0.05) is 6.54 Å². The van der Waals surface area contributed by atoms with Crippen LogP contribution in [0.15, 0.2) is 12.1 Å². The lowest BCUT2D eigenvalue weighted by atomic mass is 10.0. The van der Waals surface area contributed by atoms with Crippen LogP contribution in [0.3, 0.4) is 0 Å². The van der Waals surface area contributed by atoms with E-state index in [2.05, 4.69) is 17.4 Å². The fourth-order valence-electron chi connectivity index (χ4n) is 2.11. The molecule has 0 unspecified atom stereocenters. The first-order valence-electron chi connectivity index (χ1n) is 6.78. The Morgan fingerprint density at radius 3 is 2.47 bits per heavy atom. The van der Waals surface area contributed by atoms with Gasteiger partial charge in [-0.15, -0.1) is 0 Å². The Morgan fingerprint density at radius 2 is 1.95 bits per heavy atom. The average Bonchev–Trinajstić information content (AvgIpc) is 2.33. The summed E-state index contributed by atoms with van der Waals surface area (Å²) in [7, 11) is 0. The Hall–Kier alpha value is -1.55. The van der Waals surface area contributed by atoms with E-state index in [-0.39, 0.29) is 5.91 Å². The summed E-state index contributed by atoms with van der Waals surface area (Å²) in [4.78, 5) is 11.3. The molecule has 1 aromatic carbocycles. The van der Waals surface area contributed by atoms with Crippen LogP contribution in [0.2, 0.25) is 0 Å². The number of carbonyl (C=O) groups is 1. The average molecular weight is 264 g/mol. The highest BCUT2D eigenvalue weighted by atomic mass is 16.5. The highest BCUT2D eigenvalue weighted by molar-refractivity contribution is 5.75. The highest BCUT2D eigenvalue weighted by Gasteiger charge is 2.07. The molecular weight excluding hydrogens is 240 g/mol. The summed E-state index contributed by atoms with van der Waals surface area (Å²) < 4.78 is 5.73. The van der Waals surface area contributed by atoms with Crippen LogP contribution in [-0.2, 0) is 11.2 Å². The topological polar surface area (TPSA) is 64.3 Å². The molecule has 0 radical (unpaired) electrons. The van der Waals surface area contributed by atoms with Crippen molar-refractivity contribution in [3.8, 4) is 5.75 Å². The lowest BCUT2D eigenvalue weighted by Crippen LogP contribution is -2.24. The molecule has 0 aliphatic heterocycles. The fourth-order valence-corrected chi connectivity index (χ4v) is 2.11. The van der Waals surface area contributed by atoms with Gasteiger partial charge in [-0.3, -0.25) is 4.79 Å². The maximum atomic E-state index is 11.3. The third-order valence-electron chi connectivity index (χ3n) is 2.90. The predicted octanol–water partition coefficient (Wildman–Crippen LogP) is 1.71. The van der Waals surface area contributed by atoms with Crippen LogP contribution in [-0.4, -0.2) is 25.6 Å². The normalized spacial score (nSPS) is 10.3. The number of carbonyl (C=O) groups excluding carboxylic acids is 1. The zero-order valence-electron chi connectivity index (χ0n) is 12.1. The molecule has 0 heterocycles. The van der Waals surface area contributed by atoms with Crippen molar-refractivity contribution in [1.29, 1.82) is 0 Å². The number of ether oxygens (including phenoxy) is 1. The third-order valence-corrected chi connectivity index (χ3v) is 2.90. The number of hydrogen-bond donors (Lipinski definition) is 2. The van der Waals surface area contributed by atoms with Crippen LogP contribution in [0, 0.1) is 13.8 Å². The van der Waals surface area contributed by atoms with E-state index < -0.39 is 0 Å². The van der Waals surface area contributed by atoms with Gasteiger partial charge < -0.3 is 15.8 Å². The van der Waals surface area contributed by atoms with Gasteiger partial charge >= 0.3 is 0 Å². The molecule has 0 fully saturated rings. The summed E-state index contributed by atoms with van der Waals surface area (Å²) in [6.07, 6.45) is 1.26. The zero-order chi connectivity index (χ0) is 14.3. The standard InChI is InChI=1S/C15H24N2O2/c1-4-17-14(18)6-8-19-15-11(2)9-13(5-7-16)10-12(15)3/h9-10H,4-8,16H2,1-3H3,(H,17,18). The molecule has 0 saturated carbocycles. The van der Waals surface area contributed by atoms with Gasteiger partial charge in [-0.1, -0.05) is 12.1 Å². The van der Waals surface area contributed by atoms with Crippen molar-refractivity contribution in [3.05, 3.63) is 28.8 Å². The molecule has 0 spiro atoms. The van der Waals surface area contributed by atoms with Gasteiger partial charge in [0.25, 0.3) is 0 Å². The molecule has 0 atom stereocenters. The van der Waals surface area contributed by atoms with Crippen molar-refractivity contribution >= 4 is 5.91 Å². The van der Waals surface area contributed by atoms with Crippen molar-refractivity contribution < 1.29 is 9.53 Å². The molecule has 0 saturated heterocycles. The lowest BCUT2D eigenvalue weighted by Gasteiger charge is -2.14. The van der Waals surface area contributed by atoms with E-state index in [4.69, 9.17) is 10.5 Å². The molecule has 1 aromatic rings. The first-order valence-corrected chi connectivity index (χ1v) is 6.78. The summed E-state index contributed by atoms with van der Waals surface area (Å²) in [5.41, 5.74) is 8.99. The van der Waals surface area contributed by atoms with E-state index in [1.165, 1.54) is 5.56 Å². The number of rotatable bonds is 7. The number of aryl methyl sites for hydroxylation is 2. The molecule has 3 N–H and O–H groups in total. The Kier molecular flexibility index (Phi) is 6.36. The zero-order valence-corrected chi connectivity index (χ0v) is 12.1. The van der Waals surface area contributed by atoms with Gasteiger partial charge in [-0.25, -0.2) is 0 Å². The van der Waals surface area contributed by atoms with E-state index in [0.29, 0.717) is 26.1 Å². The smallest absolute Gasteiger partial charge is 0.223 e. The van der Waals surface area contributed by atoms with Crippen LogP contribution in [0.5, 0.6) is 5.75 Å². The second kappa shape index (κ2) is 7.79. The Balaban J connectivity index is 2.61. The summed E-state index contributed by atoms with van der Waals surface area (Å²) in [6, 6.07) is 4.20. The van der Waals surface area contributed by atoms with Gasteiger partial charge in [0.05, 0.1) is 13.0 Å². The summed E-state index contributed by atoms with van der Waals surface area (Å²) in [5.74, 6) is 0.905. The van der Waals surface area contributed by atoms with Gasteiger partial charge in [0.2, 0.25) is 5.91 Å². The van der Waals surface area contributed by atoms with Crippen LogP contribution < -0.4 is 15.8 Å². The Morgan fingerprint density at radius 1 is 1.32 bits per heavy atom. The first kappa shape index (κ1) is 15.5. The van der Waals surface area contributed by atoms with E-state index in [9.17, 15) is 4.79 Å². The summed E-state index contributed by atoms with van der Waals surface area (Å²) in [5, 5.41) is 2.75. The molecule has 0 aliphatic carbocycles. The SMILES string of the molecule is CCNC(=O)CCOc1c(C)cc(CCN)cc1C. The minimum Gasteiger partial charge on any atom is -0.493 e. The molecular formula is C15H24N2O2. The number of hydrogen-bond acceptors (Lipinski definition) is 3. The lowest BCUT2D eigenvalue weighted by molar-refractivity contribution is -0.121. The number of nitrogens with one attached hydrogen (secondary N) is 1. The summed E-state index contributed by atoms with van der Waals surface area (Å²) in [6.45, 7) is 7.66. The van der Waals surface area contributed by atoms with Crippen LogP contribution in [0.4, 0.5) is 0 Å². The Bertz CT molecular complexity index is 407. The predicted molar refractivity (Wildman–Crippen MR) is 77.5 cm³/mol. The van der Waals surface area contributed by atoms with E-state index in [0.717, 1.165) is 23.3 Å². The number of nitrogens with two attached hydrogens (primary N) is 1. The van der Waals surface area contributed by atoms with Gasteiger partial charge in [-0.2, -0.15) is 0 Å². The van der Waals surface area contributed by atoms with Crippen molar-refractivity contribution in [2.24, 2.45) is 5.73 Å². The molecule has 4 heteroatoms. The monoisotopic (exact) mass is 264 g/mol. The van der Waals surface area contributed by atoms with Crippen molar-refractivity contribution in [3.63, 3.8) is 0 Å². The molecule has 1 rings (SSSR count). The van der Waals surface area contributed by atoms with E-state index >= 15 is 0 Å². The molecule has 4 nitrogen and oxygen atoms in total. The fraction of sp³-hybridized carbons (Fsp3) is 0.533. The highest BCUT2D eigenvalue weighted by Crippen LogP contribution is 2.25. The van der Waals surface area contributed by atoms with Crippen molar-refractivity contribution in [2.75, 3.05) is 19.7 Å². The Labute approximate surface area is 115 Å². The molecule has 106 valence electrons. The second-order valence-electron chi connectivity index (χ2n) is 4.65. The first-order chi connectivity index (χ1) is 9.08. The van der Waals surface area contributed by atoms with Crippen molar-refractivity contribution in [1.82, 2.24) is 5.32 Å². The second-order valence-corrected chi connectivity index (χ2v) is 4.65. The summed E-state index contributed by atoms with van der Waals surface area (Å²) >= 11 is 0. The number of benzene rings is 1. The van der Waals surface area contributed by atoms with Crippen LogP contribution in [0.25, 0.3) is 0 Å². The molecule has 0 bridgehead atoms. The molecule has 19 heavy (non-hydrogen) atoms. The maximum Gasteiger partial charge on any atom is 0.223 e. The maximum absolute atomic E-state index is 11.3. The molecule has 0 aromatic heterocycles. The van der Waals surface area contributed by atoms with Crippen LogP contribution in [0.1, 0.15) is 30.0 Å². The third kappa shape index (κ3) is 4.91. The largest absolute Gasteiger partial charge is 0.493 e. The molecule has 0 aliphatic rings. The van der Waals surface area contributed by atoms with Crippen LogP contribution >= 0.6 is 0 Å². The van der Waals surface area contributed by atoms with E-state index in [1.807, 2.05) is 20.8 Å². The van der Waals surface area contributed by atoms with E-state index in [1.54, 1.807) is 0 Å². The van der Waals surface area contributed by atoms with Crippen molar-refractivity contribution in [2.45, 2.75) is 33.6 Å². The van der Waals surface area contributed by atoms with Gasteiger partial charge in [0.1, 0.15) is 5.75 Å². The van der Waals surface area contributed by atoms with Gasteiger partial charge in [0.15, 0.2) is 0 Å². The van der Waals surface area contributed by atoms with Gasteiger partial charge in [-0.05, 0) is 50.4 Å². The minimum absolute atomic E-state index is 0.0255. The number of amides is 1. The minimum atomic E-state index is 0.0255.